The fraction of sp³-hybridized carbons (Fsp3) is 0.120. The third-order valence-electron chi connectivity index (χ3n) is 4.54. The summed E-state index contributed by atoms with van der Waals surface area (Å²) in [6.07, 6.45) is 2.32. The van der Waals surface area contributed by atoms with Crippen LogP contribution in [0.15, 0.2) is 78.4 Å². The molecule has 3 aromatic carbocycles. The first-order chi connectivity index (χ1) is 14.6. The molecule has 0 saturated heterocycles. The Kier molecular flexibility index (Phi) is 7.26. The van der Waals surface area contributed by atoms with E-state index >= 15 is 0 Å². The standard InChI is InChI=1S/C25H21ClN2O2/c1-2-19-7-3-5-9-23(19)28-25(29)21(16-27)15-20-8-4-6-10-24(20)30-17-18-11-13-22(26)14-12-18/h3-15H,2,17H2,1H3,(H,28,29)/b21-15-. The molecule has 0 aromatic heterocycles. The Morgan fingerprint density at radius 3 is 2.50 bits per heavy atom. The van der Waals surface area contributed by atoms with E-state index in [1.165, 1.54) is 0 Å². The van der Waals surface area contributed by atoms with Crippen LogP contribution in [0.2, 0.25) is 5.02 Å². The van der Waals surface area contributed by atoms with E-state index in [0.29, 0.717) is 28.6 Å². The van der Waals surface area contributed by atoms with Gasteiger partial charge in [0.15, 0.2) is 0 Å². The molecule has 0 heterocycles. The SMILES string of the molecule is CCc1ccccc1NC(=O)/C(C#N)=C\c1ccccc1OCc1ccc(Cl)cc1. The van der Waals surface area contributed by atoms with Crippen LogP contribution in [0, 0.1) is 11.3 Å². The second-order valence-corrected chi connectivity index (χ2v) is 7.02. The predicted octanol–water partition coefficient (Wildman–Crippen LogP) is 6.03. The van der Waals surface area contributed by atoms with Gasteiger partial charge in [0.05, 0.1) is 0 Å². The largest absolute Gasteiger partial charge is 0.488 e. The number of benzene rings is 3. The zero-order valence-corrected chi connectivity index (χ0v) is 17.3. The van der Waals surface area contributed by atoms with E-state index in [2.05, 4.69) is 5.32 Å². The molecule has 4 nitrogen and oxygen atoms in total. The van der Waals surface area contributed by atoms with Crippen LogP contribution in [0.4, 0.5) is 5.69 Å². The van der Waals surface area contributed by atoms with E-state index in [-0.39, 0.29) is 5.57 Å². The third kappa shape index (κ3) is 5.50. The molecule has 30 heavy (non-hydrogen) atoms. The van der Waals surface area contributed by atoms with Crippen LogP contribution in [0.3, 0.4) is 0 Å². The summed E-state index contributed by atoms with van der Waals surface area (Å²) in [6.45, 7) is 2.36. The van der Waals surface area contributed by atoms with Crippen molar-refractivity contribution < 1.29 is 9.53 Å². The topological polar surface area (TPSA) is 62.1 Å². The smallest absolute Gasteiger partial charge is 0.266 e. The Hall–Kier alpha value is -3.55. The average molecular weight is 417 g/mol. The Labute approximate surface area is 181 Å². The monoisotopic (exact) mass is 416 g/mol. The van der Waals surface area contributed by atoms with Gasteiger partial charge < -0.3 is 10.1 Å². The number of nitrogens with zero attached hydrogens (tertiary/aromatic N) is 1. The van der Waals surface area contributed by atoms with Gasteiger partial charge in [0.1, 0.15) is 24.0 Å². The lowest BCUT2D eigenvalue weighted by Gasteiger charge is -2.11. The van der Waals surface area contributed by atoms with Gasteiger partial charge in [-0.2, -0.15) is 5.26 Å². The van der Waals surface area contributed by atoms with E-state index in [9.17, 15) is 10.1 Å². The molecule has 0 aliphatic rings. The highest BCUT2D eigenvalue weighted by molar-refractivity contribution is 6.30. The number of halogens is 1. The first-order valence-corrected chi connectivity index (χ1v) is 9.96. The fourth-order valence-corrected chi connectivity index (χ4v) is 3.04. The van der Waals surface area contributed by atoms with Gasteiger partial charge in [0.2, 0.25) is 0 Å². The number of hydrogen-bond donors (Lipinski definition) is 1. The van der Waals surface area contributed by atoms with Gasteiger partial charge in [0.25, 0.3) is 5.91 Å². The van der Waals surface area contributed by atoms with Gasteiger partial charge in [0, 0.05) is 16.3 Å². The van der Waals surface area contributed by atoms with Crippen molar-refractivity contribution >= 4 is 29.3 Å². The molecule has 1 N–H and O–H groups in total. The molecule has 3 aromatic rings. The summed E-state index contributed by atoms with van der Waals surface area (Å²) >= 11 is 5.92. The van der Waals surface area contributed by atoms with Crippen molar-refractivity contribution in [3.8, 4) is 11.8 Å². The lowest BCUT2D eigenvalue weighted by Crippen LogP contribution is -2.14. The Balaban J connectivity index is 1.79. The highest BCUT2D eigenvalue weighted by Crippen LogP contribution is 2.23. The average Bonchev–Trinajstić information content (AvgIpc) is 2.78. The van der Waals surface area contributed by atoms with Gasteiger partial charge in [-0.1, -0.05) is 67.1 Å². The first-order valence-electron chi connectivity index (χ1n) is 9.58. The predicted molar refractivity (Wildman–Crippen MR) is 120 cm³/mol. The van der Waals surface area contributed by atoms with Crippen LogP contribution in [0.5, 0.6) is 5.75 Å². The number of anilines is 1. The molecule has 0 unspecified atom stereocenters. The number of hydrogen-bond acceptors (Lipinski definition) is 3. The summed E-state index contributed by atoms with van der Waals surface area (Å²) < 4.78 is 5.91. The van der Waals surface area contributed by atoms with Gasteiger partial charge in [-0.3, -0.25) is 4.79 Å². The van der Waals surface area contributed by atoms with Gasteiger partial charge in [-0.15, -0.1) is 0 Å². The molecule has 5 heteroatoms. The van der Waals surface area contributed by atoms with E-state index in [0.717, 1.165) is 17.5 Å². The molecule has 0 radical (unpaired) electrons. The molecule has 0 atom stereocenters. The molecule has 0 aliphatic carbocycles. The summed E-state index contributed by atoms with van der Waals surface area (Å²) in [5.74, 6) is 0.132. The summed E-state index contributed by atoms with van der Waals surface area (Å²) in [4.78, 5) is 12.7. The van der Waals surface area contributed by atoms with Gasteiger partial charge >= 0.3 is 0 Å². The second-order valence-electron chi connectivity index (χ2n) is 6.59. The van der Waals surface area contributed by atoms with E-state index < -0.39 is 5.91 Å². The van der Waals surface area contributed by atoms with E-state index in [1.807, 2.05) is 67.6 Å². The Bertz CT molecular complexity index is 1100. The fourth-order valence-electron chi connectivity index (χ4n) is 2.92. The maximum atomic E-state index is 12.7. The van der Waals surface area contributed by atoms with Crippen molar-refractivity contribution in [3.63, 3.8) is 0 Å². The van der Waals surface area contributed by atoms with Crippen LogP contribution in [-0.2, 0) is 17.8 Å². The summed E-state index contributed by atoms with van der Waals surface area (Å²) in [7, 11) is 0. The number of rotatable bonds is 7. The minimum Gasteiger partial charge on any atom is -0.488 e. The van der Waals surface area contributed by atoms with Crippen LogP contribution in [-0.4, -0.2) is 5.91 Å². The molecular formula is C25H21ClN2O2. The van der Waals surface area contributed by atoms with E-state index in [1.54, 1.807) is 24.3 Å². The highest BCUT2D eigenvalue weighted by atomic mass is 35.5. The first kappa shape index (κ1) is 21.2. The quantitative estimate of drug-likeness (QED) is 0.378. The number of nitrogens with one attached hydrogen (secondary N) is 1. The number of aryl methyl sites for hydroxylation is 1. The van der Waals surface area contributed by atoms with Crippen molar-refractivity contribution in [2.45, 2.75) is 20.0 Å². The number of ether oxygens (including phenoxy) is 1. The highest BCUT2D eigenvalue weighted by Gasteiger charge is 2.13. The molecule has 0 aliphatic heterocycles. The maximum Gasteiger partial charge on any atom is 0.266 e. The normalized spacial score (nSPS) is 10.9. The van der Waals surface area contributed by atoms with Crippen molar-refractivity contribution in [3.05, 3.63) is 100 Å². The lowest BCUT2D eigenvalue weighted by atomic mass is 10.1. The number of carbonyl (C=O) groups is 1. The molecule has 0 fully saturated rings. The van der Waals surface area contributed by atoms with Crippen molar-refractivity contribution in [1.82, 2.24) is 0 Å². The Morgan fingerprint density at radius 1 is 1.07 bits per heavy atom. The molecule has 0 bridgehead atoms. The zero-order chi connectivity index (χ0) is 21.3. The third-order valence-corrected chi connectivity index (χ3v) is 4.79. The number of carbonyl (C=O) groups excluding carboxylic acids is 1. The second kappa shape index (κ2) is 10.3. The Morgan fingerprint density at radius 2 is 1.77 bits per heavy atom. The van der Waals surface area contributed by atoms with Crippen molar-refractivity contribution in [1.29, 1.82) is 5.26 Å². The summed E-state index contributed by atoms with van der Waals surface area (Å²) in [5, 5.41) is 13.1. The van der Waals surface area contributed by atoms with Crippen LogP contribution < -0.4 is 10.1 Å². The lowest BCUT2D eigenvalue weighted by molar-refractivity contribution is -0.112. The number of para-hydroxylation sites is 2. The molecule has 0 saturated carbocycles. The molecule has 150 valence electrons. The molecular weight excluding hydrogens is 396 g/mol. The minimum absolute atomic E-state index is 0.00319. The molecule has 0 spiro atoms. The van der Waals surface area contributed by atoms with Crippen LogP contribution >= 0.6 is 11.6 Å². The van der Waals surface area contributed by atoms with Crippen LogP contribution in [0.25, 0.3) is 6.08 Å². The minimum atomic E-state index is -0.453. The number of amides is 1. The summed E-state index contributed by atoms with van der Waals surface area (Å²) in [6, 6.07) is 24.2. The van der Waals surface area contributed by atoms with E-state index in [4.69, 9.17) is 16.3 Å². The van der Waals surface area contributed by atoms with Crippen molar-refractivity contribution in [2.75, 3.05) is 5.32 Å². The molecule has 1 amide bonds. The zero-order valence-electron chi connectivity index (χ0n) is 16.6. The van der Waals surface area contributed by atoms with Crippen molar-refractivity contribution in [2.24, 2.45) is 0 Å². The summed E-state index contributed by atoms with van der Waals surface area (Å²) in [5.41, 5.74) is 3.34. The van der Waals surface area contributed by atoms with Crippen LogP contribution in [0.1, 0.15) is 23.6 Å². The number of nitriles is 1. The van der Waals surface area contributed by atoms with Gasteiger partial charge in [-0.25, -0.2) is 0 Å². The molecule has 3 rings (SSSR count). The maximum absolute atomic E-state index is 12.7. The van der Waals surface area contributed by atoms with Gasteiger partial charge in [-0.05, 0) is 47.9 Å².